The first kappa shape index (κ1) is 25.7. The van der Waals surface area contributed by atoms with E-state index in [0.29, 0.717) is 42.8 Å². The van der Waals surface area contributed by atoms with E-state index in [2.05, 4.69) is 19.6 Å². The maximum Gasteiger partial charge on any atom is 0.397 e. The molecule has 0 aromatic carbocycles. The summed E-state index contributed by atoms with van der Waals surface area (Å²) in [4.78, 5) is 26.0. The van der Waals surface area contributed by atoms with Gasteiger partial charge in [-0.1, -0.05) is 25.2 Å². The van der Waals surface area contributed by atoms with Crippen LogP contribution in [0.5, 0.6) is 0 Å². The summed E-state index contributed by atoms with van der Waals surface area (Å²) in [6.07, 6.45) is 7.14. The van der Waals surface area contributed by atoms with Crippen LogP contribution >= 0.6 is 0 Å². The second-order valence-electron chi connectivity index (χ2n) is 13.1. The summed E-state index contributed by atoms with van der Waals surface area (Å²) in [5, 5.41) is 0. The molecule has 10 atom stereocenters. The molecule has 8 nitrogen and oxygen atoms in total. The number of ketones is 1. The van der Waals surface area contributed by atoms with Gasteiger partial charge in [0.2, 0.25) is 0 Å². The van der Waals surface area contributed by atoms with Crippen molar-refractivity contribution in [3.63, 3.8) is 0 Å². The number of carbonyl (C=O) groups excluding carboxylic acids is 2. The van der Waals surface area contributed by atoms with Crippen molar-refractivity contribution in [3.05, 3.63) is 23.8 Å². The molecular formula is C28H38O8S. The highest BCUT2D eigenvalue weighted by molar-refractivity contribution is 7.80. The van der Waals surface area contributed by atoms with Crippen LogP contribution in [0.4, 0.5) is 0 Å². The fourth-order valence-electron chi connectivity index (χ4n) is 9.58. The Balaban J connectivity index is 1.24. The molecule has 0 unspecified atom stereocenters. The Labute approximate surface area is 219 Å². The number of fused-ring (bicyclic) bond motifs is 7. The summed E-state index contributed by atoms with van der Waals surface area (Å²) in [5.74, 6) is 1.29. The molecule has 1 N–H and O–H groups in total. The van der Waals surface area contributed by atoms with Gasteiger partial charge in [-0.3, -0.25) is 9.35 Å². The standard InChI is InChI=1S/C28H38O8S/c1-15-25(30)35-23-13-27(15,3)34-14-19(23)21-8-7-20-18-6-5-16-11-17(36-37(31,32)33)12-24(29)28(16,4)22(18)9-10-26(20,21)2/h5,17-23H,1,6-14H2,2-4H3,(H,31,32,33)/t17-,18+,19+,20+,21-,22+,23-,26+,27-,28+/m1/s1. The summed E-state index contributed by atoms with van der Waals surface area (Å²) in [5.41, 5.74) is 0.213. The fraction of sp³-hybridized carbons (Fsp3) is 0.786. The number of carbonyl (C=O) groups is 2. The van der Waals surface area contributed by atoms with E-state index >= 15 is 0 Å². The van der Waals surface area contributed by atoms with E-state index in [1.807, 2.05) is 13.8 Å². The predicted octanol–water partition coefficient (Wildman–Crippen LogP) is 4.21. The molecule has 5 fully saturated rings. The van der Waals surface area contributed by atoms with Crippen molar-refractivity contribution in [1.29, 1.82) is 0 Å². The van der Waals surface area contributed by atoms with Crippen LogP contribution in [0.15, 0.2) is 23.8 Å². The van der Waals surface area contributed by atoms with Crippen molar-refractivity contribution >= 4 is 22.2 Å². The first-order chi connectivity index (χ1) is 17.3. The Morgan fingerprint density at radius 1 is 1.05 bits per heavy atom. The van der Waals surface area contributed by atoms with Gasteiger partial charge in [0.15, 0.2) is 0 Å². The molecule has 4 aliphatic carbocycles. The van der Waals surface area contributed by atoms with Gasteiger partial charge in [-0.05, 0) is 81.5 Å². The smallest absolute Gasteiger partial charge is 0.397 e. The van der Waals surface area contributed by atoms with Gasteiger partial charge >= 0.3 is 16.4 Å². The molecule has 2 saturated heterocycles. The number of ether oxygens (including phenoxy) is 2. The lowest BCUT2D eigenvalue weighted by molar-refractivity contribution is -0.200. The maximum absolute atomic E-state index is 13.5. The fourth-order valence-corrected chi connectivity index (χ4v) is 10.1. The van der Waals surface area contributed by atoms with Crippen LogP contribution in [0.1, 0.15) is 72.1 Å². The third kappa shape index (κ3) is 3.74. The number of esters is 1. The molecule has 0 aromatic heterocycles. The van der Waals surface area contributed by atoms with Crippen molar-refractivity contribution in [2.75, 3.05) is 6.61 Å². The van der Waals surface area contributed by atoms with Crippen molar-refractivity contribution in [3.8, 4) is 0 Å². The largest absolute Gasteiger partial charge is 0.458 e. The molecule has 0 aromatic rings. The lowest BCUT2D eigenvalue weighted by Gasteiger charge is -2.58. The monoisotopic (exact) mass is 534 g/mol. The lowest BCUT2D eigenvalue weighted by atomic mass is 9.46. The molecule has 6 rings (SSSR count). The topological polar surface area (TPSA) is 116 Å². The Kier molecular flexibility index (Phi) is 5.72. The van der Waals surface area contributed by atoms with Crippen LogP contribution in [-0.2, 0) is 33.6 Å². The molecule has 2 bridgehead atoms. The number of Topliss-reactive ketones (excluding diaryl/α,β-unsaturated/α-hetero) is 1. The van der Waals surface area contributed by atoms with Crippen molar-refractivity contribution < 1.29 is 36.2 Å². The van der Waals surface area contributed by atoms with E-state index in [9.17, 15) is 18.0 Å². The van der Waals surface area contributed by atoms with E-state index in [4.69, 9.17) is 18.2 Å². The Morgan fingerprint density at radius 3 is 2.46 bits per heavy atom. The first-order valence-corrected chi connectivity index (χ1v) is 15.1. The third-order valence-corrected chi connectivity index (χ3v) is 12.1. The molecule has 204 valence electrons. The SMILES string of the molecule is C=C1C(=O)O[C@@H]2C[C@@]1(C)OC[C@H]2[C@H]1CC[C@H]2[C@@H]3CC=C4C[C@@H](OS(=O)(=O)O)CC(=O)[C@]4(C)[C@H]3CC[C@]12C. The van der Waals surface area contributed by atoms with E-state index in [1.165, 1.54) is 0 Å². The van der Waals surface area contributed by atoms with Gasteiger partial charge in [0, 0.05) is 18.8 Å². The average molecular weight is 535 g/mol. The zero-order valence-corrected chi connectivity index (χ0v) is 22.7. The highest BCUT2D eigenvalue weighted by atomic mass is 32.3. The zero-order chi connectivity index (χ0) is 26.5. The summed E-state index contributed by atoms with van der Waals surface area (Å²) in [6.45, 7) is 10.9. The van der Waals surface area contributed by atoms with Gasteiger partial charge in [0.05, 0.1) is 23.7 Å². The normalized spacial score (nSPS) is 49.5. The van der Waals surface area contributed by atoms with Crippen LogP contribution in [-0.4, -0.2) is 49.1 Å². The first-order valence-electron chi connectivity index (χ1n) is 13.7. The number of rotatable bonds is 3. The highest BCUT2D eigenvalue weighted by Crippen LogP contribution is 2.67. The van der Waals surface area contributed by atoms with Crippen LogP contribution < -0.4 is 0 Å². The molecule has 6 aliphatic rings. The molecular weight excluding hydrogens is 496 g/mol. The molecule has 2 heterocycles. The van der Waals surface area contributed by atoms with Crippen LogP contribution in [0.2, 0.25) is 0 Å². The molecule has 0 spiro atoms. The maximum atomic E-state index is 13.5. The van der Waals surface area contributed by atoms with Gasteiger partial charge in [-0.2, -0.15) is 8.42 Å². The molecule has 3 saturated carbocycles. The minimum Gasteiger partial charge on any atom is -0.458 e. The molecule has 9 heteroatoms. The van der Waals surface area contributed by atoms with Crippen molar-refractivity contribution in [1.82, 2.24) is 0 Å². The quantitative estimate of drug-likeness (QED) is 0.248. The number of hydrogen-bond acceptors (Lipinski definition) is 7. The number of hydrogen-bond donors (Lipinski definition) is 1. The van der Waals surface area contributed by atoms with E-state index in [-0.39, 0.29) is 41.5 Å². The van der Waals surface area contributed by atoms with E-state index in [0.717, 1.165) is 37.7 Å². The molecule has 0 amide bonds. The predicted molar refractivity (Wildman–Crippen MR) is 133 cm³/mol. The molecule has 37 heavy (non-hydrogen) atoms. The van der Waals surface area contributed by atoms with Crippen LogP contribution in [0, 0.1) is 40.4 Å². The number of allylic oxidation sites excluding steroid dienone is 1. The van der Waals surface area contributed by atoms with Crippen molar-refractivity contribution in [2.45, 2.75) is 89.9 Å². The lowest BCUT2D eigenvalue weighted by Crippen LogP contribution is -2.58. The zero-order valence-electron chi connectivity index (χ0n) is 21.9. The van der Waals surface area contributed by atoms with Gasteiger partial charge < -0.3 is 9.47 Å². The molecule has 2 aliphatic heterocycles. The van der Waals surface area contributed by atoms with Gasteiger partial charge in [0.1, 0.15) is 17.5 Å². The van der Waals surface area contributed by atoms with Crippen molar-refractivity contribution in [2.24, 2.45) is 40.4 Å². The third-order valence-electron chi connectivity index (χ3n) is 11.6. The second kappa shape index (κ2) is 8.23. The van der Waals surface area contributed by atoms with E-state index in [1.54, 1.807) is 0 Å². The minimum atomic E-state index is -4.61. The van der Waals surface area contributed by atoms with Crippen LogP contribution in [0.25, 0.3) is 0 Å². The summed E-state index contributed by atoms with van der Waals surface area (Å²) in [6, 6.07) is 0. The Morgan fingerprint density at radius 2 is 1.76 bits per heavy atom. The summed E-state index contributed by atoms with van der Waals surface area (Å²) < 4.78 is 48.7. The molecule has 0 radical (unpaired) electrons. The van der Waals surface area contributed by atoms with Crippen LogP contribution in [0.3, 0.4) is 0 Å². The average Bonchev–Trinajstić information content (AvgIpc) is 3.15. The second-order valence-corrected chi connectivity index (χ2v) is 14.1. The summed E-state index contributed by atoms with van der Waals surface area (Å²) in [7, 11) is -4.61. The summed E-state index contributed by atoms with van der Waals surface area (Å²) >= 11 is 0. The highest BCUT2D eigenvalue weighted by Gasteiger charge is 2.63. The Hall–Kier alpha value is -1.55. The Bertz CT molecular complexity index is 1190. The van der Waals surface area contributed by atoms with Gasteiger partial charge in [-0.15, -0.1) is 0 Å². The van der Waals surface area contributed by atoms with Gasteiger partial charge in [0.25, 0.3) is 0 Å². The minimum absolute atomic E-state index is 0.00205. The van der Waals surface area contributed by atoms with Gasteiger partial charge in [-0.25, -0.2) is 8.98 Å². The van der Waals surface area contributed by atoms with E-state index < -0.39 is 27.5 Å².